The highest BCUT2D eigenvalue weighted by Gasteiger charge is 2.31. The lowest BCUT2D eigenvalue weighted by molar-refractivity contribution is -0.255. The van der Waals surface area contributed by atoms with Crippen LogP contribution in [0.25, 0.3) is 6.08 Å². The molecule has 0 radical (unpaired) electrons. The number of carboxylic acid groups (broad SMARTS) is 1. The van der Waals surface area contributed by atoms with Crippen molar-refractivity contribution in [3.8, 4) is 5.75 Å². The summed E-state index contributed by atoms with van der Waals surface area (Å²) < 4.78 is 5.66. The zero-order valence-corrected chi connectivity index (χ0v) is 14.6. The van der Waals surface area contributed by atoms with Crippen LogP contribution in [0.2, 0.25) is 0 Å². The molecule has 3 rings (SSSR count). The van der Waals surface area contributed by atoms with Gasteiger partial charge in [0, 0.05) is 6.54 Å². The quantitative estimate of drug-likeness (QED) is 0.618. The maximum atomic E-state index is 12.1. The molecule has 27 heavy (non-hydrogen) atoms. The van der Waals surface area contributed by atoms with Crippen LogP contribution < -0.4 is 15.2 Å². The van der Waals surface area contributed by atoms with Crippen molar-refractivity contribution >= 4 is 24.0 Å². The molecule has 1 heterocycles. The van der Waals surface area contributed by atoms with Gasteiger partial charge >= 0.3 is 6.03 Å². The van der Waals surface area contributed by atoms with Gasteiger partial charge in [0.05, 0.1) is 5.97 Å². The lowest BCUT2D eigenvalue weighted by atomic mass is 10.1. The first-order valence-corrected chi connectivity index (χ1v) is 8.35. The van der Waals surface area contributed by atoms with Gasteiger partial charge in [0.15, 0.2) is 0 Å². The van der Waals surface area contributed by atoms with E-state index < -0.39 is 12.0 Å². The fourth-order valence-electron chi connectivity index (χ4n) is 2.59. The SMILES string of the molecule is CCN1C(=O)NC(=Cc2ccc(OCc3ccc(C(=O)[O-])cc3)cc2)C1=O. The van der Waals surface area contributed by atoms with Crippen LogP contribution in [0.1, 0.15) is 28.4 Å². The van der Waals surface area contributed by atoms with Crippen LogP contribution in [0.15, 0.2) is 54.2 Å². The van der Waals surface area contributed by atoms with E-state index in [0.29, 0.717) is 12.3 Å². The predicted octanol–water partition coefficient (Wildman–Crippen LogP) is 1.54. The van der Waals surface area contributed by atoms with Crippen molar-refractivity contribution in [2.45, 2.75) is 13.5 Å². The number of rotatable bonds is 6. The Balaban J connectivity index is 1.62. The Labute approximate surface area is 155 Å². The second-order valence-electron chi connectivity index (χ2n) is 5.88. The molecule has 0 aromatic heterocycles. The second kappa shape index (κ2) is 7.74. The van der Waals surface area contributed by atoms with E-state index >= 15 is 0 Å². The third kappa shape index (κ3) is 4.14. The Hall–Kier alpha value is -3.61. The number of urea groups is 1. The molecule has 7 nitrogen and oxygen atoms in total. The summed E-state index contributed by atoms with van der Waals surface area (Å²) in [7, 11) is 0. The molecule has 1 aliphatic rings. The molecule has 0 atom stereocenters. The van der Waals surface area contributed by atoms with Gasteiger partial charge in [-0.1, -0.05) is 36.4 Å². The number of carbonyl (C=O) groups is 3. The number of hydrogen-bond donors (Lipinski definition) is 1. The van der Waals surface area contributed by atoms with Crippen molar-refractivity contribution in [2.75, 3.05) is 6.54 Å². The number of carbonyl (C=O) groups excluding carboxylic acids is 3. The standard InChI is InChI=1S/C20H18N2O5/c1-2-22-18(23)17(21-20(22)26)11-13-5-9-16(10-6-13)27-12-14-3-7-15(8-4-14)19(24)25/h3-11H,2,12H2,1H3,(H,21,26)(H,24,25)/p-1. The Morgan fingerprint density at radius 2 is 1.78 bits per heavy atom. The summed E-state index contributed by atoms with van der Waals surface area (Å²) in [4.78, 5) is 35.6. The van der Waals surface area contributed by atoms with Gasteiger partial charge in [0.1, 0.15) is 18.1 Å². The normalized spacial score (nSPS) is 15.1. The van der Waals surface area contributed by atoms with Crippen LogP contribution in [0, 0.1) is 0 Å². The molecule has 1 saturated heterocycles. The van der Waals surface area contributed by atoms with Crippen LogP contribution in [0.5, 0.6) is 5.75 Å². The van der Waals surface area contributed by atoms with Crippen LogP contribution in [-0.4, -0.2) is 29.4 Å². The van der Waals surface area contributed by atoms with Crippen molar-refractivity contribution in [3.63, 3.8) is 0 Å². The summed E-state index contributed by atoms with van der Waals surface area (Å²) in [6.07, 6.45) is 1.61. The summed E-state index contributed by atoms with van der Waals surface area (Å²) in [6.45, 7) is 2.34. The van der Waals surface area contributed by atoms with Crippen molar-refractivity contribution in [2.24, 2.45) is 0 Å². The molecule has 1 fully saturated rings. The third-order valence-corrected chi connectivity index (χ3v) is 4.06. The highest BCUT2D eigenvalue weighted by molar-refractivity contribution is 6.13. The zero-order chi connectivity index (χ0) is 19.4. The molecule has 138 valence electrons. The van der Waals surface area contributed by atoms with E-state index in [9.17, 15) is 19.5 Å². The molecule has 7 heteroatoms. The minimum atomic E-state index is -1.22. The molecule has 0 spiro atoms. The minimum Gasteiger partial charge on any atom is -0.545 e. The van der Waals surface area contributed by atoms with Gasteiger partial charge in [-0.05, 0) is 41.8 Å². The molecule has 1 N–H and O–H groups in total. The lowest BCUT2D eigenvalue weighted by Crippen LogP contribution is -2.30. The first kappa shape index (κ1) is 18.2. The van der Waals surface area contributed by atoms with Crippen molar-refractivity contribution in [3.05, 3.63) is 70.9 Å². The average Bonchev–Trinajstić information content (AvgIpc) is 2.94. The average molecular weight is 365 g/mol. The molecule has 0 aliphatic carbocycles. The number of amides is 3. The van der Waals surface area contributed by atoms with Gasteiger partial charge in [0.2, 0.25) is 0 Å². The first-order chi connectivity index (χ1) is 13.0. The Kier molecular flexibility index (Phi) is 5.21. The van der Waals surface area contributed by atoms with Crippen LogP contribution >= 0.6 is 0 Å². The summed E-state index contributed by atoms with van der Waals surface area (Å²) in [5.74, 6) is -0.938. The molecular weight excluding hydrogens is 348 g/mol. The monoisotopic (exact) mass is 365 g/mol. The number of imide groups is 1. The van der Waals surface area contributed by atoms with E-state index in [1.165, 1.54) is 12.1 Å². The fourth-order valence-corrected chi connectivity index (χ4v) is 2.59. The van der Waals surface area contributed by atoms with Gasteiger partial charge in [-0.15, -0.1) is 0 Å². The first-order valence-electron chi connectivity index (χ1n) is 8.35. The Bertz CT molecular complexity index is 901. The minimum absolute atomic E-state index is 0.117. The topological polar surface area (TPSA) is 98.8 Å². The van der Waals surface area contributed by atoms with E-state index in [2.05, 4.69) is 5.32 Å². The number of benzene rings is 2. The number of nitrogens with zero attached hydrogens (tertiary/aromatic N) is 1. The van der Waals surface area contributed by atoms with Gasteiger partial charge in [-0.25, -0.2) is 4.79 Å². The third-order valence-electron chi connectivity index (χ3n) is 4.06. The number of hydrogen-bond acceptors (Lipinski definition) is 5. The molecule has 3 amide bonds. The Morgan fingerprint density at radius 1 is 1.11 bits per heavy atom. The second-order valence-corrected chi connectivity index (χ2v) is 5.88. The van der Waals surface area contributed by atoms with E-state index in [1.54, 1.807) is 49.4 Å². The van der Waals surface area contributed by atoms with Crippen LogP contribution in [0.4, 0.5) is 4.79 Å². The van der Waals surface area contributed by atoms with Gasteiger partial charge in [-0.2, -0.15) is 0 Å². The molecule has 2 aromatic rings. The molecule has 0 unspecified atom stereocenters. The summed E-state index contributed by atoms with van der Waals surface area (Å²) in [6, 6.07) is 12.9. The van der Waals surface area contributed by atoms with E-state index in [0.717, 1.165) is 16.0 Å². The largest absolute Gasteiger partial charge is 0.545 e. The smallest absolute Gasteiger partial charge is 0.328 e. The summed E-state index contributed by atoms with van der Waals surface area (Å²) in [5, 5.41) is 13.3. The number of ether oxygens (including phenoxy) is 1. The molecular formula is C20H17N2O5-. The summed E-state index contributed by atoms with van der Waals surface area (Å²) in [5.41, 5.74) is 1.93. The molecule has 0 saturated carbocycles. The van der Waals surface area contributed by atoms with E-state index in [4.69, 9.17) is 4.74 Å². The zero-order valence-electron chi connectivity index (χ0n) is 14.6. The number of nitrogens with one attached hydrogen (secondary N) is 1. The van der Waals surface area contributed by atoms with Crippen LogP contribution in [-0.2, 0) is 11.4 Å². The van der Waals surface area contributed by atoms with E-state index in [1.807, 2.05) is 0 Å². The molecule has 2 aromatic carbocycles. The lowest BCUT2D eigenvalue weighted by Gasteiger charge is -2.08. The van der Waals surface area contributed by atoms with Gasteiger partial charge in [0.25, 0.3) is 5.91 Å². The van der Waals surface area contributed by atoms with Crippen LogP contribution in [0.3, 0.4) is 0 Å². The highest BCUT2D eigenvalue weighted by Crippen LogP contribution is 2.18. The number of carboxylic acids is 1. The Morgan fingerprint density at radius 3 is 2.33 bits per heavy atom. The summed E-state index contributed by atoms with van der Waals surface area (Å²) >= 11 is 0. The van der Waals surface area contributed by atoms with E-state index in [-0.39, 0.29) is 23.8 Å². The fraction of sp³-hybridized carbons (Fsp3) is 0.150. The molecule has 0 bridgehead atoms. The van der Waals surface area contributed by atoms with Crippen molar-refractivity contribution in [1.82, 2.24) is 10.2 Å². The number of likely N-dealkylation sites (N-methyl/N-ethyl adjacent to an activating group) is 1. The van der Waals surface area contributed by atoms with Crippen molar-refractivity contribution < 1.29 is 24.2 Å². The maximum absolute atomic E-state index is 12.1. The maximum Gasteiger partial charge on any atom is 0.328 e. The predicted molar refractivity (Wildman–Crippen MR) is 95.4 cm³/mol. The number of aromatic carboxylic acids is 1. The van der Waals surface area contributed by atoms with Crippen molar-refractivity contribution in [1.29, 1.82) is 0 Å². The van der Waals surface area contributed by atoms with Gasteiger partial charge < -0.3 is 20.0 Å². The highest BCUT2D eigenvalue weighted by atomic mass is 16.5. The molecule has 1 aliphatic heterocycles. The van der Waals surface area contributed by atoms with Gasteiger partial charge in [-0.3, -0.25) is 9.69 Å².